The fourth-order valence-electron chi connectivity index (χ4n) is 2.93. The second-order valence-corrected chi connectivity index (χ2v) is 8.78. The summed E-state index contributed by atoms with van der Waals surface area (Å²) in [5.41, 5.74) is 1.21. The molecule has 5 heteroatoms. The third kappa shape index (κ3) is 4.85. The summed E-state index contributed by atoms with van der Waals surface area (Å²) in [5.74, 6) is 0. The van der Waals surface area contributed by atoms with Crippen LogP contribution in [0.2, 0.25) is 6.04 Å². The number of rotatable bonds is 10. The molecule has 0 fully saturated rings. The quantitative estimate of drug-likeness (QED) is 0.482. The Morgan fingerprint density at radius 2 is 1.57 bits per heavy atom. The van der Waals surface area contributed by atoms with Crippen LogP contribution < -0.4 is 0 Å². The zero-order chi connectivity index (χ0) is 16.5. The van der Waals surface area contributed by atoms with E-state index in [2.05, 4.69) is 35.3 Å². The minimum Gasteiger partial charge on any atom is -0.377 e. The number of aromatic nitrogens is 1. The van der Waals surface area contributed by atoms with Gasteiger partial charge in [-0.25, -0.2) is 0 Å². The Morgan fingerprint density at radius 1 is 0.870 bits per heavy atom. The molecule has 1 aromatic heterocycles. The second-order valence-electron chi connectivity index (χ2n) is 5.69. The molecule has 0 amide bonds. The molecule has 0 unspecified atom stereocenters. The van der Waals surface area contributed by atoms with Crippen LogP contribution in [0.3, 0.4) is 0 Å². The summed E-state index contributed by atoms with van der Waals surface area (Å²) in [7, 11) is 2.63. The molecule has 0 spiro atoms. The van der Waals surface area contributed by atoms with Gasteiger partial charge in [-0.3, -0.25) is 4.98 Å². The highest BCUT2D eigenvalue weighted by molar-refractivity contribution is 6.60. The summed E-state index contributed by atoms with van der Waals surface area (Å²) in [5, 5.41) is 2.55. The Hall–Kier alpha value is -1.27. The highest BCUT2D eigenvalue weighted by Crippen LogP contribution is 2.20. The number of pyridine rings is 1. The Labute approximate surface area is 140 Å². The molecule has 0 aliphatic heterocycles. The first-order valence-corrected chi connectivity index (χ1v) is 10.2. The summed E-state index contributed by atoms with van der Waals surface area (Å²) in [4.78, 5) is 4.55. The van der Waals surface area contributed by atoms with Crippen LogP contribution >= 0.6 is 0 Å². The molecule has 2 rings (SSSR count). The zero-order valence-electron chi connectivity index (χ0n) is 14.4. The maximum Gasteiger partial charge on any atom is 0.500 e. The maximum absolute atomic E-state index is 5.44. The molecule has 1 heterocycles. The third-order valence-electron chi connectivity index (χ3n) is 4.34. The SMILES string of the molecule is CO[Si](CCCCCCc1nccc2ccccc12)(OC)OC. The Balaban J connectivity index is 1.75. The summed E-state index contributed by atoms with van der Waals surface area (Å²) < 4.78 is 16.3. The van der Waals surface area contributed by atoms with Crippen molar-refractivity contribution in [2.24, 2.45) is 0 Å². The average Bonchev–Trinajstić information content (AvgIpc) is 2.62. The topological polar surface area (TPSA) is 40.6 Å². The first kappa shape index (κ1) is 18.1. The van der Waals surface area contributed by atoms with Gasteiger partial charge in [0, 0.05) is 44.7 Å². The predicted octanol–water partition coefficient (Wildman–Crippen LogP) is 4.22. The molecule has 1 aromatic carbocycles. The van der Waals surface area contributed by atoms with Gasteiger partial charge in [0.25, 0.3) is 0 Å². The molecule has 0 atom stereocenters. The van der Waals surface area contributed by atoms with Crippen molar-refractivity contribution >= 4 is 19.6 Å². The van der Waals surface area contributed by atoms with Gasteiger partial charge in [-0.15, -0.1) is 0 Å². The lowest BCUT2D eigenvalue weighted by Crippen LogP contribution is -2.42. The van der Waals surface area contributed by atoms with Crippen molar-refractivity contribution in [1.82, 2.24) is 4.98 Å². The van der Waals surface area contributed by atoms with E-state index in [9.17, 15) is 0 Å². The van der Waals surface area contributed by atoms with E-state index in [1.165, 1.54) is 22.9 Å². The van der Waals surface area contributed by atoms with E-state index in [4.69, 9.17) is 13.3 Å². The van der Waals surface area contributed by atoms with Crippen molar-refractivity contribution in [3.63, 3.8) is 0 Å². The number of hydrogen-bond acceptors (Lipinski definition) is 4. The van der Waals surface area contributed by atoms with Gasteiger partial charge in [0.15, 0.2) is 0 Å². The van der Waals surface area contributed by atoms with Gasteiger partial charge in [0.1, 0.15) is 0 Å². The van der Waals surface area contributed by atoms with Crippen molar-refractivity contribution in [2.75, 3.05) is 21.3 Å². The molecular formula is C18H27NO3Si. The second kappa shape index (κ2) is 9.13. The molecule has 0 radical (unpaired) electrons. The molecule has 23 heavy (non-hydrogen) atoms. The fourth-order valence-corrected chi connectivity index (χ4v) is 4.72. The molecule has 0 N–H and O–H groups in total. The van der Waals surface area contributed by atoms with Crippen LogP contribution in [0.25, 0.3) is 10.8 Å². The lowest BCUT2D eigenvalue weighted by molar-refractivity contribution is 0.122. The number of hydrogen-bond donors (Lipinski definition) is 0. The van der Waals surface area contributed by atoms with E-state index in [1.54, 1.807) is 21.3 Å². The molecule has 0 bridgehead atoms. The molecule has 0 saturated carbocycles. The lowest BCUT2D eigenvalue weighted by atomic mass is 10.0. The Kier molecular flexibility index (Phi) is 7.17. The molecule has 0 aliphatic carbocycles. The number of unbranched alkanes of at least 4 members (excludes halogenated alkanes) is 3. The number of nitrogens with zero attached hydrogens (tertiary/aromatic N) is 1. The number of fused-ring (bicyclic) bond motifs is 1. The Morgan fingerprint density at radius 3 is 2.30 bits per heavy atom. The first-order chi connectivity index (χ1) is 11.2. The van der Waals surface area contributed by atoms with Crippen molar-refractivity contribution in [2.45, 2.75) is 38.1 Å². The number of benzene rings is 1. The third-order valence-corrected chi connectivity index (χ3v) is 7.17. The van der Waals surface area contributed by atoms with E-state index >= 15 is 0 Å². The summed E-state index contributed by atoms with van der Waals surface area (Å²) in [6.07, 6.45) is 7.52. The average molecular weight is 334 g/mol. The minimum absolute atomic E-state index is 0.878. The first-order valence-electron chi connectivity index (χ1n) is 8.23. The van der Waals surface area contributed by atoms with Gasteiger partial charge in [-0.05, 0) is 30.7 Å². The van der Waals surface area contributed by atoms with Crippen LogP contribution in [0.1, 0.15) is 31.4 Å². The molecule has 4 nitrogen and oxygen atoms in total. The van der Waals surface area contributed by atoms with Gasteiger partial charge in [0.2, 0.25) is 0 Å². The van der Waals surface area contributed by atoms with Gasteiger partial charge >= 0.3 is 8.80 Å². The van der Waals surface area contributed by atoms with Crippen LogP contribution in [-0.2, 0) is 19.7 Å². The molecule has 0 saturated heterocycles. The van der Waals surface area contributed by atoms with E-state index in [-0.39, 0.29) is 0 Å². The van der Waals surface area contributed by atoms with Crippen molar-refractivity contribution < 1.29 is 13.3 Å². The molecule has 126 valence electrons. The highest BCUT2D eigenvalue weighted by atomic mass is 28.4. The van der Waals surface area contributed by atoms with Crippen LogP contribution in [0.4, 0.5) is 0 Å². The Bertz CT molecular complexity index is 588. The van der Waals surface area contributed by atoms with E-state index in [1.807, 2.05) is 6.20 Å². The predicted molar refractivity (Wildman–Crippen MR) is 95.5 cm³/mol. The van der Waals surface area contributed by atoms with Crippen molar-refractivity contribution in [3.05, 3.63) is 42.2 Å². The van der Waals surface area contributed by atoms with Crippen molar-refractivity contribution in [3.8, 4) is 0 Å². The minimum atomic E-state index is -2.39. The smallest absolute Gasteiger partial charge is 0.377 e. The van der Waals surface area contributed by atoms with Gasteiger partial charge in [0.05, 0.1) is 0 Å². The molecule has 2 aromatic rings. The fraction of sp³-hybridized carbons (Fsp3) is 0.500. The highest BCUT2D eigenvalue weighted by Gasteiger charge is 2.36. The maximum atomic E-state index is 5.44. The van der Waals surface area contributed by atoms with Crippen LogP contribution in [0, 0.1) is 0 Å². The van der Waals surface area contributed by atoms with Gasteiger partial charge < -0.3 is 13.3 Å². The normalized spacial score (nSPS) is 12.0. The summed E-state index contributed by atoms with van der Waals surface area (Å²) in [6.45, 7) is 0. The monoisotopic (exact) mass is 333 g/mol. The van der Waals surface area contributed by atoms with Crippen LogP contribution in [0.5, 0.6) is 0 Å². The lowest BCUT2D eigenvalue weighted by Gasteiger charge is -2.24. The standard InChI is InChI=1S/C18H27NO3Si/c1-20-23(21-2,22-3)15-9-5-4-6-12-18-17-11-8-7-10-16(17)13-14-19-18/h7-8,10-11,13-14H,4-6,9,12,15H2,1-3H3. The van der Waals surface area contributed by atoms with Crippen LogP contribution in [0.15, 0.2) is 36.5 Å². The van der Waals surface area contributed by atoms with Crippen LogP contribution in [-0.4, -0.2) is 35.1 Å². The van der Waals surface area contributed by atoms with E-state index in [0.717, 1.165) is 31.7 Å². The van der Waals surface area contributed by atoms with E-state index in [0.29, 0.717) is 0 Å². The summed E-state index contributed by atoms with van der Waals surface area (Å²) >= 11 is 0. The largest absolute Gasteiger partial charge is 0.500 e. The van der Waals surface area contributed by atoms with Gasteiger partial charge in [-0.2, -0.15) is 0 Å². The summed E-state index contributed by atoms with van der Waals surface area (Å²) in [6, 6.07) is 11.4. The molecular weight excluding hydrogens is 306 g/mol. The zero-order valence-corrected chi connectivity index (χ0v) is 15.4. The van der Waals surface area contributed by atoms with Gasteiger partial charge in [-0.1, -0.05) is 37.1 Å². The van der Waals surface area contributed by atoms with E-state index < -0.39 is 8.80 Å². The molecule has 0 aliphatic rings. The van der Waals surface area contributed by atoms with Crippen molar-refractivity contribution in [1.29, 1.82) is 0 Å². The number of aryl methyl sites for hydroxylation is 1.